The van der Waals surface area contributed by atoms with Crippen molar-refractivity contribution >= 4 is 16.0 Å². The summed E-state index contributed by atoms with van der Waals surface area (Å²) in [6.07, 6.45) is 1.93. The van der Waals surface area contributed by atoms with E-state index in [1.165, 1.54) is 6.92 Å². The summed E-state index contributed by atoms with van der Waals surface area (Å²) in [5.41, 5.74) is 0. The lowest BCUT2D eigenvalue weighted by Crippen LogP contribution is -2.39. The van der Waals surface area contributed by atoms with Crippen LogP contribution in [0.1, 0.15) is 42.0 Å². The van der Waals surface area contributed by atoms with Gasteiger partial charge in [-0.1, -0.05) is 0 Å². The number of aliphatic hydroxyl groups is 1. The van der Waals surface area contributed by atoms with Gasteiger partial charge in [0, 0.05) is 12.1 Å². The summed E-state index contributed by atoms with van der Waals surface area (Å²) in [6.45, 7) is 1.40. The first-order valence-electron chi connectivity index (χ1n) is 6.33. The van der Waals surface area contributed by atoms with Gasteiger partial charge in [0.2, 0.25) is 15.8 Å². The molecule has 20 heavy (non-hydrogen) atoms. The van der Waals surface area contributed by atoms with Gasteiger partial charge in [0.25, 0.3) is 0 Å². The molecular weight excluding hydrogens is 286 g/mol. The maximum Gasteiger partial charge on any atom is 0.371 e. The van der Waals surface area contributed by atoms with Gasteiger partial charge in [0.05, 0.1) is 6.10 Å². The minimum absolute atomic E-state index is 0.0336. The molecule has 1 aliphatic carbocycles. The van der Waals surface area contributed by atoms with Gasteiger partial charge >= 0.3 is 5.97 Å². The number of aliphatic hydroxyl groups excluding tert-OH is 1. The van der Waals surface area contributed by atoms with E-state index >= 15 is 0 Å². The summed E-state index contributed by atoms with van der Waals surface area (Å²) in [5, 5.41) is 18.3. The first-order valence-corrected chi connectivity index (χ1v) is 7.82. The van der Waals surface area contributed by atoms with E-state index in [0.717, 1.165) is 12.5 Å². The fraction of sp³-hybridized carbons (Fsp3) is 0.583. The van der Waals surface area contributed by atoms with E-state index in [9.17, 15) is 18.3 Å². The number of hydrogen-bond acceptors (Lipinski definition) is 5. The number of carboxylic acid groups (broad SMARTS) is 1. The average molecular weight is 303 g/mol. The standard InChI is InChI=1S/C12H17NO6S/c1-7-11(6-10(19-7)12(15)16)20(17,18)13-8-3-2-4-9(14)5-8/h6,8-9,13-14H,2-5H2,1H3,(H,15,16). The molecule has 1 aromatic rings. The summed E-state index contributed by atoms with van der Waals surface area (Å²) in [6, 6.07) is 0.658. The molecule has 0 spiro atoms. The minimum atomic E-state index is -3.84. The highest BCUT2D eigenvalue weighted by atomic mass is 32.2. The lowest BCUT2D eigenvalue weighted by Gasteiger charge is -2.26. The Morgan fingerprint density at radius 3 is 2.70 bits per heavy atom. The van der Waals surface area contributed by atoms with Crippen molar-refractivity contribution in [3.63, 3.8) is 0 Å². The smallest absolute Gasteiger partial charge is 0.371 e. The second-order valence-electron chi connectivity index (χ2n) is 4.97. The van der Waals surface area contributed by atoms with Crippen molar-refractivity contribution in [3.05, 3.63) is 17.6 Å². The Morgan fingerprint density at radius 2 is 2.15 bits per heavy atom. The van der Waals surface area contributed by atoms with Crippen LogP contribution in [0.25, 0.3) is 0 Å². The molecule has 0 saturated heterocycles. The molecular formula is C12H17NO6S. The molecule has 0 aliphatic heterocycles. The van der Waals surface area contributed by atoms with Crippen LogP contribution in [-0.2, 0) is 10.0 Å². The van der Waals surface area contributed by atoms with Gasteiger partial charge in [-0.2, -0.15) is 0 Å². The largest absolute Gasteiger partial charge is 0.475 e. The van der Waals surface area contributed by atoms with E-state index < -0.39 is 27.9 Å². The lowest BCUT2D eigenvalue weighted by atomic mass is 9.94. The molecule has 7 nitrogen and oxygen atoms in total. The number of furan rings is 1. The minimum Gasteiger partial charge on any atom is -0.475 e. The number of aromatic carboxylic acids is 1. The van der Waals surface area contributed by atoms with Gasteiger partial charge in [0.1, 0.15) is 10.7 Å². The van der Waals surface area contributed by atoms with Crippen LogP contribution in [0, 0.1) is 6.92 Å². The predicted molar refractivity (Wildman–Crippen MR) is 69.0 cm³/mol. The Labute approximate surface area is 116 Å². The number of carboxylic acids is 1. The number of nitrogens with one attached hydrogen (secondary N) is 1. The second-order valence-corrected chi connectivity index (χ2v) is 6.66. The third-order valence-electron chi connectivity index (χ3n) is 3.34. The SMILES string of the molecule is Cc1oc(C(=O)O)cc1S(=O)(=O)NC1CCCC(O)C1. The monoisotopic (exact) mass is 303 g/mol. The number of sulfonamides is 1. The number of rotatable bonds is 4. The second kappa shape index (κ2) is 5.55. The first-order chi connectivity index (χ1) is 9.29. The van der Waals surface area contributed by atoms with Crippen molar-refractivity contribution < 1.29 is 27.8 Å². The van der Waals surface area contributed by atoms with Crippen LogP contribution in [0.15, 0.2) is 15.4 Å². The molecule has 0 bridgehead atoms. The molecule has 1 saturated carbocycles. The number of hydrogen-bond donors (Lipinski definition) is 3. The van der Waals surface area contributed by atoms with Crippen molar-refractivity contribution in [2.75, 3.05) is 0 Å². The zero-order valence-electron chi connectivity index (χ0n) is 11.0. The Balaban J connectivity index is 2.19. The lowest BCUT2D eigenvalue weighted by molar-refractivity contribution is 0.0661. The summed E-state index contributed by atoms with van der Waals surface area (Å²) in [4.78, 5) is 10.6. The fourth-order valence-electron chi connectivity index (χ4n) is 2.39. The van der Waals surface area contributed by atoms with E-state index in [2.05, 4.69) is 4.72 Å². The molecule has 1 aromatic heterocycles. The summed E-state index contributed by atoms with van der Waals surface area (Å²) < 4.78 is 31.8. The molecule has 0 radical (unpaired) electrons. The first kappa shape index (κ1) is 15.0. The Kier molecular flexibility index (Phi) is 4.17. The molecule has 1 heterocycles. The van der Waals surface area contributed by atoms with Crippen molar-refractivity contribution in [1.82, 2.24) is 4.72 Å². The molecule has 2 unspecified atom stereocenters. The summed E-state index contributed by atoms with van der Waals surface area (Å²) in [7, 11) is -3.84. The Hall–Kier alpha value is -1.38. The zero-order chi connectivity index (χ0) is 14.9. The van der Waals surface area contributed by atoms with E-state index in [1.54, 1.807) is 0 Å². The fourth-order valence-corrected chi connectivity index (χ4v) is 3.85. The average Bonchev–Trinajstić information content (AvgIpc) is 2.71. The number of aryl methyl sites for hydroxylation is 1. The molecule has 2 atom stereocenters. The van der Waals surface area contributed by atoms with Crippen molar-refractivity contribution in [2.45, 2.75) is 49.6 Å². The van der Waals surface area contributed by atoms with Crippen molar-refractivity contribution in [3.8, 4) is 0 Å². The maximum atomic E-state index is 12.2. The number of carbonyl (C=O) groups is 1. The van der Waals surface area contributed by atoms with E-state index in [-0.39, 0.29) is 16.7 Å². The highest BCUT2D eigenvalue weighted by Crippen LogP contribution is 2.23. The molecule has 1 fully saturated rings. The Morgan fingerprint density at radius 1 is 1.45 bits per heavy atom. The topological polar surface area (TPSA) is 117 Å². The van der Waals surface area contributed by atoms with Crippen molar-refractivity contribution in [1.29, 1.82) is 0 Å². The third-order valence-corrected chi connectivity index (χ3v) is 4.97. The van der Waals surface area contributed by atoms with E-state index in [0.29, 0.717) is 19.3 Å². The van der Waals surface area contributed by atoms with Gasteiger partial charge in [-0.15, -0.1) is 0 Å². The van der Waals surface area contributed by atoms with Gasteiger partial charge in [-0.05, 0) is 32.6 Å². The van der Waals surface area contributed by atoms with Gasteiger partial charge < -0.3 is 14.6 Å². The van der Waals surface area contributed by atoms with Gasteiger partial charge in [-0.25, -0.2) is 17.9 Å². The van der Waals surface area contributed by atoms with Crippen molar-refractivity contribution in [2.24, 2.45) is 0 Å². The maximum absolute atomic E-state index is 12.2. The Bertz CT molecular complexity index is 605. The molecule has 3 N–H and O–H groups in total. The quantitative estimate of drug-likeness (QED) is 0.759. The highest BCUT2D eigenvalue weighted by molar-refractivity contribution is 7.89. The van der Waals surface area contributed by atoms with Crippen LogP contribution in [-0.4, -0.2) is 36.7 Å². The summed E-state index contributed by atoms with van der Waals surface area (Å²) in [5.74, 6) is -1.69. The molecule has 0 amide bonds. The molecule has 1 aliphatic rings. The van der Waals surface area contributed by atoms with Crippen LogP contribution < -0.4 is 4.72 Å². The van der Waals surface area contributed by atoms with Crippen LogP contribution in [0.3, 0.4) is 0 Å². The van der Waals surface area contributed by atoms with E-state index in [4.69, 9.17) is 9.52 Å². The van der Waals surface area contributed by atoms with Crippen LogP contribution in [0.2, 0.25) is 0 Å². The van der Waals surface area contributed by atoms with Crippen LogP contribution in [0.5, 0.6) is 0 Å². The molecule has 112 valence electrons. The molecule has 8 heteroatoms. The van der Waals surface area contributed by atoms with Gasteiger partial charge in [0.15, 0.2) is 0 Å². The van der Waals surface area contributed by atoms with Crippen LogP contribution >= 0.6 is 0 Å². The predicted octanol–water partition coefficient (Wildman–Crippen LogP) is 0.868. The van der Waals surface area contributed by atoms with E-state index in [1.807, 2.05) is 0 Å². The summed E-state index contributed by atoms with van der Waals surface area (Å²) >= 11 is 0. The third kappa shape index (κ3) is 3.20. The molecule has 0 aromatic carbocycles. The highest BCUT2D eigenvalue weighted by Gasteiger charge is 2.29. The zero-order valence-corrected chi connectivity index (χ0v) is 11.8. The van der Waals surface area contributed by atoms with Gasteiger partial charge in [-0.3, -0.25) is 0 Å². The normalized spacial score (nSPS) is 23.7. The molecule has 2 rings (SSSR count). The van der Waals surface area contributed by atoms with Crippen LogP contribution in [0.4, 0.5) is 0 Å².